The van der Waals surface area contributed by atoms with Gasteiger partial charge in [0.15, 0.2) is 11.9 Å². The van der Waals surface area contributed by atoms with Crippen LogP contribution in [0.15, 0.2) is 48.5 Å². The highest BCUT2D eigenvalue weighted by Gasteiger charge is 2.27. The number of aryl methyl sites for hydroxylation is 2. The summed E-state index contributed by atoms with van der Waals surface area (Å²) in [6.45, 7) is 8.45. The van der Waals surface area contributed by atoms with Crippen molar-refractivity contribution >= 4 is 34.9 Å². The molecule has 0 aliphatic carbocycles. The highest BCUT2D eigenvalue weighted by Crippen LogP contribution is 2.29. The molecule has 33 heavy (non-hydrogen) atoms. The average molecular weight is 485 g/mol. The number of carbonyl (C=O) groups is 1. The molecule has 8 heteroatoms. The van der Waals surface area contributed by atoms with E-state index in [4.69, 9.17) is 27.9 Å². The number of hydrogen-bond acceptors (Lipinski definition) is 5. The van der Waals surface area contributed by atoms with Gasteiger partial charge in [0.2, 0.25) is 0 Å². The van der Waals surface area contributed by atoms with Crippen molar-refractivity contribution in [3.63, 3.8) is 0 Å². The normalized spacial score (nSPS) is 14.8. The van der Waals surface area contributed by atoms with E-state index < -0.39 is 6.10 Å². The van der Waals surface area contributed by atoms with Gasteiger partial charge in [0, 0.05) is 36.8 Å². The van der Waals surface area contributed by atoms with Gasteiger partial charge in [-0.1, -0.05) is 29.3 Å². The maximum Gasteiger partial charge on any atom is 0.263 e. The summed E-state index contributed by atoms with van der Waals surface area (Å²) in [5.74, 6) is 1.48. The first kappa shape index (κ1) is 23.3. The van der Waals surface area contributed by atoms with Gasteiger partial charge < -0.3 is 14.5 Å². The molecule has 1 aromatic heterocycles. The quantitative estimate of drug-likeness (QED) is 0.498. The maximum atomic E-state index is 12.9. The smallest absolute Gasteiger partial charge is 0.263 e. The third-order valence-electron chi connectivity index (χ3n) is 5.91. The Hall–Kier alpha value is -2.83. The van der Waals surface area contributed by atoms with E-state index in [1.807, 2.05) is 48.2 Å². The molecule has 1 atom stereocenters. The molecule has 1 amide bonds. The fourth-order valence-electron chi connectivity index (χ4n) is 3.79. The van der Waals surface area contributed by atoms with Gasteiger partial charge in [-0.3, -0.25) is 4.79 Å². The first-order valence-corrected chi connectivity index (χ1v) is 11.6. The lowest BCUT2D eigenvalue weighted by Crippen LogP contribution is -2.52. The Kier molecular flexibility index (Phi) is 7.05. The summed E-state index contributed by atoms with van der Waals surface area (Å²) in [5, 5.41) is 9.83. The summed E-state index contributed by atoms with van der Waals surface area (Å²) in [6, 6.07) is 15.0. The predicted molar refractivity (Wildman–Crippen MR) is 132 cm³/mol. The van der Waals surface area contributed by atoms with E-state index in [0.29, 0.717) is 47.7 Å². The third kappa shape index (κ3) is 5.40. The molecule has 1 unspecified atom stereocenters. The molecule has 0 saturated carbocycles. The zero-order valence-electron chi connectivity index (χ0n) is 18.9. The van der Waals surface area contributed by atoms with Gasteiger partial charge in [0.1, 0.15) is 5.75 Å². The van der Waals surface area contributed by atoms with E-state index in [2.05, 4.69) is 22.0 Å². The number of rotatable bonds is 5. The van der Waals surface area contributed by atoms with Crippen molar-refractivity contribution in [2.45, 2.75) is 26.9 Å². The van der Waals surface area contributed by atoms with Crippen LogP contribution in [-0.4, -0.2) is 53.3 Å². The fourth-order valence-corrected chi connectivity index (χ4v) is 4.29. The number of halogens is 2. The first-order chi connectivity index (χ1) is 15.8. The monoisotopic (exact) mass is 484 g/mol. The van der Waals surface area contributed by atoms with Crippen molar-refractivity contribution in [2.24, 2.45) is 0 Å². The Morgan fingerprint density at radius 2 is 1.70 bits per heavy atom. The van der Waals surface area contributed by atoms with Crippen molar-refractivity contribution in [3.05, 3.63) is 69.7 Å². The molecule has 4 rings (SSSR count). The second-order valence-electron chi connectivity index (χ2n) is 8.22. The van der Waals surface area contributed by atoms with E-state index >= 15 is 0 Å². The van der Waals surface area contributed by atoms with Crippen LogP contribution < -0.4 is 9.64 Å². The zero-order valence-corrected chi connectivity index (χ0v) is 20.4. The molecule has 1 aliphatic heterocycles. The molecular formula is C25H26Cl2N4O2. The molecule has 2 aromatic carbocycles. The average Bonchev–Trinajstić information content (AvgIpc) is 2.81. The summed E-state index contributed by atoms with van der Waals surface area (Å²) in [7, 11) is 0. The summed E-state index contributed by atoms with van der Waals surface area (Å²) in [4.78, 5) is 16.9. The molecule has 6 nitrogen and oxygen atoms in total. The minimum Gasteiger partial charge on any atom is -0.481 e. The molecule has 172 valence electrons. The minimum atomic E-state index is -0.540. The number of nitrogens with zero attached hydrogens (tertiary/aromatic N) is 4. The largest absolute Gasteiger partial charge is 0.481 e. The SMILES string of the molecule is Cc1ccc(OC(C)C(=O)N2CCN(c3ccc(-c4ccc(Cl)cc4Cl)nn3)CC2)cc1C. The van der Waals surface area contributed by atoms with Crippen molar-refractivity contribution in [1.29, 1.82) is 0 Å². The molecule has 3 aromatic rings. The summed E-state index contributed by atoms with van der Waals surface area (Å²) in [5.41, 5.74) is 3.82. The predicted octanol–water partition coefficient (Wildman–Crippen LogP) is 5.18. The van der Waals surface area contributed by atoms with Crippen molar-refractivity contribution in [2.75, 3.05) is 31.1 Å². The van der Waals surface area contributed by atoms with Crippen molar-refractivity contribution in [1.82, 2.24) is 15.1 Å². The molecule has 1 saturated heterocycles. The standard InChI is InChI=1S/C25H26Cl2N4O2/c1-16-4-6-20(14-17(16)2)33-18(3)25(32)31-12-10-30(11-13-31)24-9-8-23(28-29-24)21-7-5-19(26)15-22(21)27/h4-9,14-15,18H,10-13H2,1-3H3. The highest BCUT2D eigenvalue weighted by atomic mass is 35.5. The van der Waals surface area contributed by atoms with E-state index in [1.54, 1.807) is 19.1 Å². The van der Waals surface area contributed by atoms with Crippen LogP contribution in [0.1, 0.15) is 18.1 Å². The topological polar surface area (TPSA) is 58.6 Å². The van der Waals surface area contributed by atoms with E-state index in [-0.39, 0.29) is 5.91 Å². The van der Waals surface area contributed by atoms with Crippen LogP contribution in [0.4, 0.5) is 5.82 Å². The lowest BCUT2D eigenvalue weighted by Gasteiger charge is -2.36. The fraction of sp³-hybridized carbons (Fsp3) is 0.320. The number of aromatic nitrogens is 2. The van der Waals surface area contributed by atoms with Crippen LogP contribution in [0.2, 0.25) is 10.0 Å². The van der Waals surface area contributed by atoms with Crippen molar-refractivity contribution in [3.8, 4) is 17.0 Å². The highest BCUT2D eigenvalue weighted by molar-refractivity contribution is 6.36. The van der Waals surface area contributed by atoms with Gasteiger partial charge in [-0.25, -0.2) is 0 Å². The van der Waals surface area contributed by atoms with Gasteiger partial charge in [0.25, 0.3) is 5.91 Å². The Balaban J connectivity index is 1.34. The lowest BCUT2D eigenvalue weighted by molar-refractivity contribution is -0.138. The Labute approximate surface area is 204 Å². The maximum absolute atomic E-state index is 12.9. The second-order valence-corrected chi connectivity index (χ2v) is 9.06. The molecular weight excluding hydrogens is 459 g/mol. The summed E-state index contributed by atoms with van der Waals surface area (Å²) >= 11 is 12.3. The van der Waals surface area contributed by atoms with Crippen LogP contribution in [0.25, 0.3) is 11.3 Å². The van der Waals surface area contributed by atoms with Crippen molar-refractivity contribution < 1.29 is 9.53 Å². The van der Waals surface area contributed by atoms with Crippen LogP contribution in [-0.2, 0) is 4.79 Å². The third-order valence-corrected chi connectivity index (χ3v) is 6.46. The van der Waals surface area contributed by atoms with E-state index in [0.717, 1.165) is 16.9 Å². The van der Waals surface area contributed by atoms with Crippen LogP contribution in [0.5, 0.6) is 5.75 Å². The zero-order chi connectivity index (χ0) is 23.5. The Bertz CT molecular complexity index is 1150. The molecule has 0 bridgehead atoms. The number of benzene rings is 2. The van der Waals surface area contributed by atoms with E-state index in [9.17, 15) is 4.79 Å². The Morgan fingerprint density at radius 1 is 0.939 bits per heavy atom. The molecule has 1 aliphatic rings. The number of hydrogen-bond donors (Lipinski definition) is 0. The molecule has 0 spiro atoms. The second kappa shape index (κ2) is 9.98. The molecule has 1 fully saturated rings. The number of piperazine rings is 1. The molecule has 0 radical (unpaired) electrons. The Morgan fingerprint density at radius 3 is 2.33 bits per heavy atom. The van der Waals surface area contributed by atoms with Crippen LogP contribution in [0.3, 0.4) is 0 Å². The number of anilines is 1. The summed E-state index contributed by atoms with van der Waals surface area (Å²) in [6.07, 6.45) is -0.540. The molecule has 2 heterocycles. The summed E-state index contributed by atoms with van der Waals surface area (Å²) < 4.78 is 5.90. The molecule has 0 N–H and O–H groups in total. The number of ether oxygens (including phenoxy) is 1. The van der Waals surface area contributed by atoms with Gasteiger partial charge >= 0.3 is 0 Å². The lowest BCUT2D eigenvalue weighted by atomic mass is 10.1. The van der Waals surface area contributed by atoms with Crippen LogP contribution in [0, 0.1) is 13.8 Å². The van der Waals surface area contributed by atoms with Crippen LogP contribution >= 0.6 is 23.2 Å². The van der Waals surface area contributed by atoms with E-state index in [1.165, 1.54) is 5.56 Å². The van der Waals surface area contributed by atoms with Gasteiger partial charge in [-0.15, -0.1) is 10.2 Å². The number of carbonyl (C=O) groups excluding carboxylic acids is 1. The minimum absolute atomic E-state index is 0.00769. The number of amides is 1. The first-order valence-electron chi connectivity index (χ1n) is 10.9. The van der Waals surface area contributed by atoms with Gasteiger partial charge in [-0.2, -0.15) is 0 Å². The van der Waals surface area contributed by atoms with Gasteiger partial charge in [0.05, 0.1) is 10.7 Å². The van der Waals surface area contributed by atoms with Gasteiger partial charge in [-0.05, 0) is 74.4 Å².